The summed E-state index contributed by atoms with van der Waals surface area (Å²) in [5.74, 6) is -0.428. The van der Waals surface area contributed by atoms with E-state index >= 15 is 0 Å². The quantitative estimate of drug-likeness (QED) is 0.518. The second kappa shape index (κ2) is 9.29. The summed E-state index contributed by atoms with van der Waals surface area (Å²) in [5, 5.41) is 0. The number of methoxy groups -OCH3 is 1. The Bertz CT molecular complexity index is 906. The van der Waals surface area contributed by atoms with Crippen molar-refractivity contribution in [1.29, 1.82) is 0 Å². The highest BCUT2D eigenvalue weighted by Crippen LogP contribution is 2.18. The van der Waals surface area contributed by atoms with Crippen LogP contribution in [0.25, 0.3) is 0 Å². The van der Waals surface area contributed by atoms with E-state index in [0.717, 1.165) is 5.56 Å². The summed E-state index contributed by atoms with van der Waals surface area (Å²) in [7, 11) is -0.684. The first-order chi connectivity index (χ1) is 12.9. The SMILES string of the molecule is CNS(=O)(=O)c1ccc(CCC(=O)OCC(=O)c2ccccc2OC)cc1. The van der Waals surface area contributed by atoms with Crippen molar-refractivity contribution >= 4 is 21.8 Å². The van der Waals surface area contributed by atoms with Crippen LogP contribution in [0.2, 0.25) is 0 Å². The van der Waals surface area contributed by atoms with Gasteiger partial charge in [0.2, 0.25) is 15.8 Å². The molecule has 0 aliphatic heterocycles. The van der Waals surface area contributed by atoms with E-state index in [4.69, 9.17) is 9.47 Å². The zero-order chi connectivity index (χ0) is 19.9. The molecule has 0 heterocycles. The zero-order valence-corrected chi connectivity index (χ0v) is 15.9. The van der Waals surface area contributed by atoms with Gasteiger partial charge in [0.15, 0.2) is 6.61 Å². The van der Waals surface area contributed by atoms with Gasteiger partial charge in [-0.3, -0.25) is 9.59 Å². The van der Waals surface area contributed by atoms with Gasteiger partial charge in [-0.1, -0.05) is 24.3 Å². The van der Waals surface area contributed by atoms with Crippen LogP contribution in [-0.2, 0) is 26.0 Å². The van der Waals surface area contributed by atoms with Crippen LogP contribution in [0.1, 0.15) is 22.3 Å². The number of aryl methyl sites for hydroxylation is 1. The van der Waals surface area contributed by atoms with Gasteiger partial charge >= 0.3 is 5.97 Å². The third-order valence-corrected chi connectivity index (χ3v) is 5.32. The summed E-state index contributed by atoms with van der Waals surface area (Å²) in [6.07, 6.45) is 0.457. The molecule has 144 valence electrons. The van der Waals surface area contributed by atoms with E-state index in [1.807, 2.05) is 0 Å². The van der Waals surface area contributed by atoms with Crippen LogP contribution in [0.15, 0.2) is 53.4 Å². The Hall–Kier alpha value is -2.71. The van der Waals surface area contributed by atoms with Gasteiger partial charge in [0.25, 0.3) is 0 Å². The number of esters is 1. The fourth-order valence-electron chi connectivity index (χ4n) is 2.37. The first-order valence-electron chi connectivity index (χ1n) is 8.21. The molecule has 0 amide bonds. The van der Waals surface area contributed by atoms with Crippen molar-refractivity contribution in [3.8, 4) is 5.75 Å². The smallest absolute Gasteiger partial charge is 0.306 e. The van der Waals surface area contributed by atoms with E-state index in [2.05, 4.69) is 4.72 Å². The average molecular weight is 391 g/mol. The average Bonchev–Trinajstić information content (AvgIpc) is 2.70. The first kappa shape index (κ1) is 20.6. The number of benzene rings is 2. The van der Waals surface area contributed by atoms with Gasteiger partial charge in [-0.2, -0.15) is 0 Å². The number of hydrogen-bond donors (Lipinski definition) is 1. The lowest BCUT2D eigenvalue weighted by molar-refractivity contribution is -0.142. The van der Waals surface area contributed by atoms with Crippen LogP contribution in [0.5, 0.6) is 5.75 Å². The number of nitrogens with one attached hydrogen (secondary N) is 1. The Morgan fingerprint density at radius 2 is 1.70 bits per heavy atom. The Morgan fingerprint density at radius 3 is 2.33 bits per heavy atom. The predicted octanol–water partition coefficient (Wildman–Crippen LogP) is 1.96. The minimum atomic E-state index is -3.49. The fraction of sp³-hybridized carbons (Fsp3) is 0.263. The number of ether oxygens (including phenoxy) is 2. The highest BCUT2D eigenvalue weighted by atomic mass is 32.2. The Kier molecular flexibility index (Phi) is 7.09. The molecule has 0 spiro atoms. The lowest BCUT2D eigenvalue weighted by Crippen LogP contribution is -2.18. The molecule has 0 aromatic heterocycles. The monoisotopic (exact) mass is 391 g/mol. The summed E-state index contributed by atoms with van der Waals surface area (Å²) < 4.78 is 35.7. The molecule has 2 rings (SSSR count). The minimum Gasteiger partial charge on any atom is -0.496 e. The largest absolute Gasteiger partial charge is 0.496 e. The molecule has 27 heavy (non-hydrogen) atoms. The number of hydrogen-bond acceptors (Lipinski definition) is 6. The summed E-state index contributed by atoms with van der Waals surface area (Å²) in [6, 6.07) is 12.9. The molecule has 0 bridgehead atoms. The number of para-hydroxylation sites is 1. The normalized spacial score (nSPS) is 11.0. The summed E-state index contributed by atoms with van der Waals surface area (Å²) in [4.78, 5) is 24.2. The summed E-state index contributed by atoms with van der Waals surface area (Å²) in [6.45, 7) is -0.363. The van der Waals surface area contributed by atoms with Crippen molar-refractivity contribution < 1.29 is 27.5 Å². The number of carbonyl (C=O) groups excluding carboxylic acids is 2. The Morgan fingerprint density at radius 1 is 1.04 bits per heavy atom. The maximum atomic E-state index is 12.1. The molecule has 0 unspecified atom stereocenters. The molecule has 0 saturated carbocycles. The molecule has 2 aromatic carbocycles. The van der Waals surface area contributed by atoms with Crippen molar-refractivity contribution in [3.63, 3.8) is 0 Å². The van der Waals surface area contributed by atoms with E-state index in [9.17, 15) is 18.0 Å². The maximum absolute atomic E-state index is 12.1. The fourth-order valence-corrected chi connectivity index (χ4v) is 3.10. The van der Waals surface area contributed by atoms with Crippen LogP contribution in [0.4, 0.5) is 0 Å². The Balaban J connectivity index is 1.85. The van der Waals surface area contributed by atoms with Crippen LogP contribution in [0.3, 0.4) is 0 Å². The molecule has 1 N–H and O–H groups in total. The summed E-state index contributed by atoms with van der Waals surface area (Å²) >= 11 is 0. The van der Waals surface area contributed by atoms with Gasteiger partial charge in [-0.05, 0) is 43.3 Å². The van der Waals surface area contributed by atoms with E-state index in [1.165, 1.54) is 26.3 Å². The van der Waals surface area contributed by atoms with Crippen LogP contribution in [0, 0.1) is 0 Å². The number of ketones is 1. The lowest BCUT2D eigenvalue weighted by Gasteiger charge is -2.08. The zero-order valence-electron chi connectivity index (χ0n) is 15.1. The molecule has 0 atom stereocenters. The molecular weight excluding hydrogens is 370 g/mol. The van der Waals surface area contributed by atoms with Crippen molar-refractivity contribution in [3.05, 3.63) is 59.7 Å². The van der Waals surface area contributed by atoms with Gasteiger partial charge in [-0.15, -0.1) is 0 Å². The van der Waals surface area contributed by atoms with Gasteiger partial charge in [0, 0.05) is 6.42 Å². The first-order valence-corrected chi connectivity index (χ1v) is 9.70. The van der Waals surface area contributed by atoms with Crippen molar-refractivity contribution in [1.82, 2.24) is 4.72 Å². The number of carbonyl (C=O) groups is 2. The van der Waals surface area contributed by atoms with E-state index < -0.39 is 16.0 Å². The maximum Gasteiger partial charge on any atom is 0.306 e. The number of Topliss-reactive ketones (excluding diaryl/α,β-unsaturated/α-hetero) is 1. The van der Waals surface area contributed by atoms with E-state index in [-0.39, 0.29) is 23.7 Å². The highest BCUT2D eigenvalue weighted by molar-refractivity contribution is 7.89. The lowest BCUT2D eigenvalue weighted by atomic mass is 10.1. The van der Waals surface area contributed by atoms with Crippen LogP contribution < -0.4 is 9.46 Å². The molecule has 0 aliphatic carbocycles. The number of sulfonamides is 1. The van der Waals surface area contributed by atoms with Crippen molar-refractivity contribution in [2.45, 2.75) is 17.7 Å². The van der Waals surface area contributed by atoms with Crippen molar-refractivity contribution in [2.24, 2.45) is 0 Å². The minimum absolute atomic E-state index is 0.0807. The van der Waals surface area contributed by atoms with Crippen molar-refractivity contribution in [2.75, 3.05) is 20.8 Å². The van der Waals surface area contributed by atoms with Crippen LogP contribution in [-0.4, -0.2) is 40.9 Å². The second-order valence-electron chi connectivity index (χ2n) is 5.64. The third kappa shape index (κ3) is 5.63. The number of rotatable bonds is 9. The predicted molar refractivity (Wildman–Crippen MR) is 99.3 cm³/mol. The van der Waals surface area contributed by atoms with E-state index in [0.29, 0.717) is 17.7 Å². The Labute approximate surface area is 158 Å². The van der Waals surface area contributed by atoms with Crippen LogP contribution >= 0.6 is 0 Å². The standard InChI is InChI=1S/C19H21NO6S/c1-20-27(23,24)15-10-7-14(8-11-15)9-12-19(22)26-13-17(21)16-5-3-4-6-18(16)25-2/h3-8,10-11,20H,9,12-13H2,1-2H3. The second-order valence-corrected chi connectivity index (χ2v) is 7.52. The van der Waals surface area contributed by atoms with Gasteiger partial charge in [-0.25, -0.2) is 13.1 Å². The molecule has 8 heteroatoms. The summed E-state index contributed by atoms with van der Waals surface area (Å²) in [5.41, 5.74) is 1.15. The molecule has 0 fully saturated rings. The molecular formula is C19H21NO6S. The topological polar surface area (TPSA) is 98.8 Å². The van der Waals surface area contributed by atoms with Gasteiger partial charge in [0.1, 0.15) is 5.75 Å². The molecule has 0 aliphatic rings. The molecule has 0 saturated heterocycles. The molecule has 2 aromatic rings. The highest BCUT2D eigenvalue weighted by Gasteiger charge is 2.14. The third-order valence-electron chi connectivity index (χ3n) is 3.89. The van der Waals surface area contributed by atoms with E-state index in [1.54, 1.807) is 36.4 Å². The molecule has 7 nitrogen and oxygen atoms in total. The van der Waals surface area contributed by atoms with Gasteiger partial charge in [0.05, 0.1) is 17.6 Å². The molecule has 0 radical (unpaired) electrons. The van der Waals surface area contributed by atoms with Gasteiger partial charge < -0.3 is 9.47 Å².